The fourth-order valence-electron chi connectivity index (χ4n) is 1.51. The number of para-hydroxylation sites is 1. The van der Waals surface area contributed by atoms with Crippen molar-refractivity contribution in [2.75, 3.05) is 0 Å². The van der Waals surface area contributed by atoms with Crippen molar-refractivity contribution in [3.8, 4) is 0 Å². The Balaban J connectivity index is 0.000000509. The topological polar surface area (TPSA) is 15.8 Å². The van der Waals surface area contributed by atoms with E-state index in [-0.39, 0.29) is 0 Å². The summed E-state index contributed by atoms with van der Waals surface area (Å²) in [6.07, 6.45) is 1.86. The number of hydrogen-bond donors (Lipinski definition) is 1. The molecule has 0 saturated heterocycles. The number of aromatic amines is 1. The first kappa shape index (κ1) is 14.5. The maximum atomic E-state index is 3.76. The highest BCUT2D eigenvalue weighted by molar-refractivity contribution is 5.86. The van der Waals surface area contributed by atoms with E-state index in [0.29, 0.717) is 0 Å². The molecule has 0 aliphatic carbocycles. The smallest absolute Gasteiger partial charge is 0.0461 e. The minimum atomic E-state index is 1.12. The second-order valence-electron chi connectivity index (χ2n) is 2.91. The second kappa shape index (κ2) is 7.75. The quantitative estimate of drug-likeness (QED) is 0.678. The second-order valence-corrected chi connectivity index (χ2v) is 2.91. The fraction of sp³-hybridized carbons (Fsp3) is 0.333. The van der Waals surface area contributed by atoms with Crippen molar-refractivity contribution in [3.63, 3.8) is 0 Å². The van der Waals surface area contributed by atoms with E-state index in [4.69, 9.17) is 0 Å². The Morgan fingerprint density at radius 1 is 1.06 bits per heavy atom. The van der Waals surface area contributed by atoms with Gasteiger partial charge in [0.2, 0.25) is 0 Å². The van der Waals surface area contributed by atoms with Gasteiger partial charge in [-0.15, -0.1) is 0 Å². The Labute approximate surface area is 99.2 Å². The predicted molar refractivity (Wildman–Crippen MR) is 75.8 cm³/mol. The number of benzene rings is 1. The van der Waals surface area contributed by atoms with Crippen LogP contribution in [0.1, 0.15) is 39.0 Å². The summed E-state index contributed by atoms with van der Waals surface area (Å²) in [5.74, 6) is 0. The molecule has 88 valence electrons. The summed E-state index contributed by atoms with van der Waals surface area (Å²) >= 11 is 0. The number of hydrogen-bond acceptors (Lipinski definition) is 0. The zero-order valence-electron chi connectivity index (χ0n) is 11.1. The lowest BCUT2D eigenvalue weighted by molar-refractivity contribution is 1.38. The van der Waals surface area contributed by atoms with Gasteiger partial charge in [-0.1, -0.05) is 52.5 Å². The van der Waals surface area contributed by atoms with Crippen molar-refractivity contribution in [3.05, 3.63) is 42.1 Å². The van der Waals surface area contributed by atoms with Crippen LogP contribution >= 0.6 is 0 Å². The van der Waals surface area contributed by atoms with Gasteiger partial charge in [0, 0.05) is 16.6 Å². The van der Waals surface area contributed by atoms with Gasteiger partial charge < -0.3 is 4.98 Å². The fourth-order valence-corrected chi connectivity index (χ4v) is 1.51. The van der Waals surface area contributed by atoms with Gasteiger partial charge in [0.1, 0.15) is 0 Å². The first-order valence-corrected chi connectivity index (χ1v) is 6.02. The third kappa shape index (κ3) is 2.99. The molecule has 0 fully saturated rings. The first-order chi connectivity index (χ1) is 7.83. The van der Waals surface area contributed by atoms with Crippen LogP contribution in [0.2, 0.25) is 0 Å². The minimum Gasteiger partial charge on any atom is -0.355 e. The van der Waals surface area contributed by atoms with Gasteiger partial charge in [-0.05, 0) is 24.6 Å². The Hall–Kier alpha value is -1.50. The van der Waals surface area contributed by atoms with E-state index in [1.165, 1.54) is 16.5 Å². The summed E-state index contributed by atoms with van der Waals surface area (Å²) in [5.41, 5.74) is 3.58. The summed E-state index contributed by atoms with van der Waals surface area (Å²) in [7, 11) is 0. The van der Waals surface area contributed by atoms with E-state index in [0.717, 1.165) is 5.69 Å². The molecule has 0 bridgehead atoms. The lowest BCUT2D eigenvalue weighted by atomic mass is 10.1. The van der Waals surface area contributed by atoms with Crippen LogP contribution in [-0.4, -0.2) is 4.98 Å². The van der Waals surface area contributed by atoms with Crippen molar-refractivity contribution >= 4 is 17.0 Å². The molecular formula is C15H23N. The summed E-state index contributed by atoms with van der Waals surface area (Å²) in [5, 5.41) is 1.28. The molecule has 0 atom stereocenters. The molecule has 0 aliphatic rings. The molecule has 1 aromatic heterocycles. The van der Waals surface area contributed by atoms with Crippen LogP contribution in [0.4, 0.5) is 0 Å². The van der Waals surface area contributed by atoms with Crippen molar-refractivity contribution in [1.82, 2.24) is 4.98 Å². The van der Waals surface area contributed by atoms with Crippen LogP contribution in [0.5, 0.6) is 0 Å². The highest BCUT2D eigenvalue weighted by Gasteiger charge is 2.02. The van der Waals surface area contributed by atoms with Crippen molar-refractivity contribution in [2.45, 2.75) is 34.6 Å². The predicted octanol–water partition coefficient (Wildman–Crippen LogP) is 5.17. The van der Waals surface area contributed by atoms with Gasteiger partial charge in [0.05, 0.1) is 0 Å². The van der Waals surface area contributed by atoms with Crippen LogP contribution in [0, 0.1) is 6.92 Å². The Morgan fingerprint density at radius 2 is 1.62 bits per heavy atom. The van der Waals surface area contributed by atoms with Crippen molar-refractivity contribution in [1.29, 1.82) is 0 Å². The standard InChI is InChI=1S/C11H11N.2C2H6/c1-3-10-8(2)9-6-4-5-7-11(9)12-10;2*1-2/h3-7,12H,1H2,2H3;2*1-2H3. The SMILES string of the molecule is C=Cc1[nH]c2ccccc2c1C.CC.CC. The molecule has 1 heteroatoms. The molecule has 0 unspecified atom stereocenters. The summed E-state index contributed by atoms with van der Waals surface area (Å²) < 4.78 is 0. The molecule has 0 radical (unpaired) electrons. The van der Waals surface area contributed by atoms with Crippen LogP contribution in [0.3, 0.4) is 0 Å². The van der Waals surface area contributed by atoms with Crippen LogP contribution in [0.25, 0.3) is 17.0 Å². The molecule has 2 rings (SSSR count). The number of H-pyrrole nitrogens is 1. The number of fused-ring (bicyclic) bond motifs is 1. The molecule has 1 aromatic carbocycles. The van der Waals surface area contributed by atoms with Gasteiger partial charge >= 0.3 is 0 Å². The monoisotopic (exact) mass is 217 g/mol. The highest BCUT2D eigenvalue weighted by atomic mass is 14.7. The van der Waals surface area contributed by atoms with Gasteiger partial charge in [-0.25, -0.2) is 0 Å². The van der Waals surface area contributed by atoms with Crippen molar-refractivity contribution < 1.29 is 0 Å². The molecule has 0 spiro atoms. The van der Waals surface area contributed by atoms with Gasteiger partial charge in [0.25, 0.3) is 0 Å². The van der Waals surface area contributed by atoms with E-state index < -0.39 is 0 Å². The molecule has 1 nitrogen and oxygen atoms in total. The van der Waals surface area contributed by atoms with Gasteiger partial charge in [-0.2, -0.15) is 0 Å². The van der Waals surface area contributed by atoms with E-state index in [1.54, 1.807) is 0 Å². The third-order valence-electron chi connectivity index (χ3n) is 2.21. The number of nitrogens with one attached hydrogen (secondary N) is 1. The maximum absolute atomic E-state index is 3.76. The molecule has 0 amide bonds. The summed E-state index contributed by atoms with van der Waals surface area (Å²) in [4.78, 5) is 3.30. The molecule has 0 saturated carbocycles. The molecule has 0 aliphatic heterocycles. The highest BCUT2D eigenvalue weighted by Crippen LogP contribution is 2.21. The zero-order valence-corrected chi connectivity index (χ0v) is 11.1. The number of aryl methyl sites for hydroxylation is 1. The maximum Gasteiger partial charge on any atom is 0.0461 e. The van der Waals surface area contributed by atoms with Crippen LogP contribution in [-0.2, 0) is 0 Å². The molecule has 1 heterocycles. The molecule has 2 aromatic rings. The average Bonchev–Trinajstić information content (AvgIpc) is 2.72. The Bertz CT molecular complexity index is 424. The van der Waals surface area contributed by atoms with E-state index in [9.17, 15) is 0 Å². The third-order valence-corrected chi connectivity index (χ3v) is 2.21. The largest absolute Gasteiger partial charge is 0.355 e. The molecular weight excluding hydrogens is 194 g/mol. The van der Waals surface area contributed by atoms with Gasteiger partial charge in [0.15, 0.2) is 0 Å². The van der Waals surface area contributed by atoms with E-state index >= 15 is 0 Å². The van der Waals surface area contributed by atoms with Crippen LogP contribution < -0.4 is 0 Å². The Kier molecular flexibility index (Phi) is 7.02. The molecule has 1 N–H and O–H groups in total. The van der Waals surface area contributed by atoms with E-state index in [1.807, 2.05) is 39.8 Å². The number of aromatic nitrogens is 1. The van der Waals surface area contributed by atoms with E-state index in [2.05, 4.69) is 36.7 Å². The number of rotatable bonds is 1. The normalized spacial score (nSPS) is 8.56. The Morgan fingerprint density at radius 3 is 2.12 bits per heavy atom. The van der Waals surface area contributed by atoms with Crippen molar-refractivity contribution in [2.24, 2.45) is 0 Å². The minimum absolute atomic E-state index is 1.12. The first-order valence-electron chi connectivity index (χ1n) is 6.02. The average molecular weight is 217 g/mol. The lowest BCUT2D eigenvalue weighted by Gasteiger charge is -1.88. The van der Waals surface area contributed by atoms with Crippen LogP contribution in [0.15, 0.2) is 30.8 Å². The molecule has 16 heavy (non-hydrogen) atoms. The zero-order chi connectivity index (χ0) is 12.6. The summed E-state index contributed by atoms with van der Waals surface area (Å²) in [6, 6.07) is 8.28. The van der Waals surface area contributed by atoms with Gasteiger partial charge in [-0.3, -0.25) is 0 Å². The lowest BCUT2D eigenvalue weighted by Crippen LogP contribution is -1.71. The summed E-state index contributed by atoms with van der Waals surface area (Å²) in [6.45, 7) is 13.9.